The Morgan fingerprint density at radius 2 is 1.76 bits per heavy atom. The van der Waals surface area contributed by atoms with Gasteiger partial charge in [-0.05, 0) is 41.9 Å². The Morgan fingerprint density at radius 1 is 1.12 bits per heavy atom. The molecule has 1 amide bonds. The number of amides is 1. The average molecular weight is 593 g/mol. The molecule has 1 aliphatic rings. The lowest BCUT2D eigenvalue weighted by atomic mass is 10.0. The van der Waals surface area contributed by atoms with Crippen molar-refractivity contribution in [1.82, 2.24) is 10.3 Å². The molecule has 1 aromatic carbocycles. The van der Waals surface area contributed by atoms with Crippen molar-refractivity contribution in [1.29, 1.82) is 10.5 Å². The monoisotopic (exact) mass is 592 g/mol. The number of aromatic nitrogens is 1. The molecule has 0 saturated carbocycles. The Kier molecular flexibility index (Phi) is 12.6. The molecular formula is C31H40N6O4S. The summed E-state index contributed by atoms with van der Waals surface area (Å²) in [5.41, 5.74) is 9.52. The number of nitrogens with zero attached hydrogens (tertiary/aromatic N) is 4. The van der Waals surface area contributed by atoms with Crippen LogP contribution in [-0.4, -0.2) is 55.3 Å². The zero-order chi connectivity index (χ0) is 30.6. The number of nitrogens with two attached hydrogens (primary N) is 1. The normalized spacial score (nSPS) is 14.2. The molecule has 1 fully saturated rings. The number of nitriles is 2. The Hall–Kier alpha value is -3.64. The molecule has 2 aromatic rings. The van der Waals surface area contributed by atoms with Gasteiger partial charge >= 0.3 is 5.97 Å². The standard InChI is InChI=1S/C31H40N6O4S/c1-5-25-26(16-32)29(37-12-10-24(11-13-37)40-14-15-41-31(39)28(34)20(2)3)36-30(27(25)17-33)42-19-23-8-6-22(7-9-23)18-35-21(4)38/h6-9,20,24,28H,5,10-15,18-19,34H2,1-4H3,(H,35,38). The maximum atomic E-state index is 11.9. The predicted molar refractivity (Wildman–Crippen MR) is 162 cm³/mol. The average Bonchev–Trinajstić information content (AvgIpc) is 3.00. The van der Waals surface area contributed by atoms with E-state index in [1.807, 2.05) is 45.0 Å². The van der Waals surface area contributed by atoms with E-state index in [0.717, 1.165) is 29.5 Å². The Labute approximate surface area is 252 Å². The molecule has 10 nitrogen and oxygen atoms in total. The number of thioether (sulfide) groups is 1. The van der Waals surface area contributed by atoms with Crippen LogP contribution in [0.1, 0.15) is 68.4 Å². The fourth-order valence-corrected chi connectivity index (χ4v) is 5.57. The van der Waals surface area contributed by atoms with Gasteiger partial charge in [-0.15, -0.1) is 11.8 Å². The van der Waals surface area contributed by atoms with Gasteiger partial charge in [0.05, 0.1) is 23.8 Å². The van der Waals surface area contributed by atoms with Crippen LogP contribution in [0.4, 0.5) is 5.82 Å². The SMILES string of the molecule is CCc1c(C#N)c(SCc2ccc(CNC(C)=O)cc2)nc(N2CCC(OCCOC(=O)C(N)C(C)C)CC2)c1C#N. The van der Waals surface area contributed by atoms with E-state index in [4.69, 9.17) is 20.2 Å². The topological polar surface area (TPSA) is 154 Å². The summed E-state index contributed by atoms with van der Waals surface area (Å²) in [5.74, 6) is 0.738. The summed E-state index contributed by atoms with van der Waals surface area (Å²) in [6.07, 6.45) is 2.03. The maximum absolute atomic E-state index is 11.9. The smallest absolute Gasteiger partial charge is 0.323 e. The lowest BCUT2D eigenvalue weighted by Crippen LogP contribution is -2.39. The van der Waals surface area contributed by atoms with Crippen LogP contribution < -0.4 is 16.0 Å². The highest BCUT2D eigenvalue weighted by atomic mass is 32.2. The molecule has 1 aliphatic heterocycles. The van der Waals surface area contributed by atoms with Gasteiger partial charge in [-0.3, -0.25) is 9.59 Å². The fraction of sp³-hybridized carbons (Fsp3) is 0.516. The first kappa shape index (κ1) is 32.9. The highest BCUT2D eigenvalue weighted by Crippen LogP contribution is 2.34. The van der Waals surface area contributed by atoms with Crippen LogP contribution in [0, 0.1) is 28.6 Å². The number of carbonyl (C=O) groups excluding carboxylic acids is 2. The number of pyridine rings is 1. The number of ether oxygens (including phenoxy) is 2. The predicted octanol–water partition coefficient (Wildman–Crippen LogP) is 3.83. The minimum atomic E-state index is -0.639. The van der Waals surface area contributed by atoms with Gasteiger partial charge in [0.2, 0.25) is 5.91 Å². The van der Waals surface area contributed by atoms with Crippen molar-refractivity contribution in [2.75, 3.05) is 31.2 Å². The van der Waals surface area contributed by atoms with Gasteiger partial charge < -0.3 is 25.4 Å². The van der Waals surface area contributed by atoms with Crippen LogP contribution in [0.5, 0.6) is 0 Å². The molecule has 2 heterocycles. The van der Waals surface area contributed by atoms with E-state index >= 15 is 0 Å². The summed E-state index contributed by atoms with van der Waals surface area (Å²) in [4.78, 5) is 30.1. The van der Waals surface area contributed by atoms with Gasteiger partial charge in [0.15, 0.2) is 0 Å². The minimum Gasteiger partial charge on any atom is -0.462 e. The van der Waals surface area contributed by atoms with Crippen molar-refractivity contribution in [3.63, 3.8) is 0 Å². The first-order valence-electron chi connectivity index (χ1n) is 14.3. The zero-order valence-corrected chi connectivity index (χ0v) is 25.6. The van der Waals surface area contributed by atoms with Crippen molar-refractivity contribution >= 4 is 29.5 Å². The summed E-state index contributed by atoms with van der Waals surface area (Å²) in [7, 11) is 0. The molecule has 0 spiro atoms. The second-order valence-corrected chi connectivity index (χ2v) is 11.5. The number of hydrogen-bond acceptors (Lipinski definition) is 10. The third-order valence-electron chi connectivity index (χ3n) is 7.18. The van der Waals surface area contributed by atoms with E-state index in [1.165, 1.54) is 18.7 Å². The summed E-state index contributed by atoms with van der Waals surface area (Å²) in [5, 5.41) is 23.5. The molecule has 224 valence electrons. The molecule has 0 bridgehead atoms. The van der Waals surface area contributed by atoms with E-state index in [0.29, 0.717) is 60.4 Å². The van der Waals surface area contributed by atoms with E-state index in [2.05, 4.69) is 22.4 Å². The van der Waals surface area contributed by atoms with E-state index in [-0.39, 0.29) is 24.5 Å². The Morgan fingerprint density at radius 3 is 2.33 bits per heavy atom. The number of anilines is 1. The lowest BCUT2D eigenvalue weighted by molar-refractivity contribution is -0.148. The molecule has 3 N–H and O–H groups in total. The molecule has 0 radical (unpaired) electrons. The summed E-state index contributed by atoms with van der Waals surface area (Å²) in [6, 6.07) is 11.9. The van der Waals surface area contributed by atoms with Gasteiger partial charge in [0.25, 0.3) is 0 Å². The maximum Gasteiger partial charge on any atom is 0.323 e. The molecular weight excluding hydrogens is 552 g/mol. The van der Waals surface area contributed by atoms with Crippen molar-refractivity contribution < 1.29 is 19.1 Å². The lowest BCUT2D eigenvalue weighted by Gasteiger charge is -2.34. The number of piperidine rings is 1. The number of rotatable bonds is 13. The van der Waals surface area contributed by atoms with E-state index in [1.54, 1.807) is 0 Å². The second kappa shape index (κ2) is 16.1. The third kappa shape index (κ3) is 8.93. The van der Waals surface area contributed by atoms with Crippen LogP contribution in [0.25, 0.3) is 0 Å². The van der Waals surface area contributed by atoms with Crippen LogP contribution in [0.3, 0.4) is 0 Å². The Bertz CT molecular complexity index is 1310. The van der Waals surface area contributed by atoms with E-state index in [9.17, 15) is 20.1 Å². The number of carbonyl (C=O) groups is 2. The molecule has 1 unspecified atom stereocenters. The first-order valence-corrected chi connectivity index (χ1v) is 15.3. The third-order valence-corrected chi connectivity index (χ3v) is 8.23. The van der Waals surface area contributed by atoms with Crippen LogP contribution in [0.2, 0.25) is 0 Å². The van der Waals surface area contributed by atoms with Gasteiger partial charge in [-0.25, -0.2) is 4.98 Å². The number of esters is 1. The van der Waals surface area contributed by atoms with Gasteiger partial charge in [-0.1, -0.05) is 45.0 Å². The van der Waals surface area contributed by atoms with Crippen LogP contribution >= 0.6 is 11.8 Å². The molecule has 1 atom stereocenters. The highest BCUT2D eigenvalue weighted by molar-refractivity contribution is 7.98. The molecule has 11 heteroatoms. The first-order chi connectivity index (χ1) is 20.2. The molecule has 0 aliphatic carbocycles. The fourth-order valence-electron chi connectivity index (χ4n) is 4.61. The number of nitrogens with one attached hydrogen (secondary N) is 1. The van der Waals surface area contributed by atoms with Gasteiger partial charge in [-0.2, -0.15) is 10.5 Å². The largest absolute Gasteiger partial charge is 0.462 e. The van der Waals surface area contributed by atoms with Crippen LogP contribution in [0.15, 0.2) is 29.3 Å². The minimum absolute atomic E-state index is 0.00995. The molecule has 1 saturated heterocycles. The molecule has 42 heavy (non-hydrogen) atoms. The van der Waals surface area contributed by atoms with E-state index < -0.39 is 12.0 Å². The summed E-state index contributed by atoms with van der Waals surface area (Å²) in [6.45, 7) is 9.43. The van der Waals surface area contributed by atoms with Gasteiger partial charge in [0.1, 0.15) is 35.6 Å². The molecule has 3 rings (SSSR count). The number of benzene rings is 1. The number of hydrogen-bond donors (Lipinski definition) is 2. The van der Waals surface area contributed by atoms with Crippen molar-refractivity contribution in [2.24, 2.45) is 11.7 Å². The van der Waals surface area contributed by atoms with Crippen molar-refractivity contribution in [3.05, 3.63) is 52.1 Å². The van der Waals surface area contributed by atoms with Gasteiger partial charge in [0, 0.05) is 32.3 Å². The van der Waals surface area contributed by atoms with Crippen molar-refractivity contribution in [3.8, 4) is 12.1 Å². The summed E-state index contributed by atoms with van der Waals surface area (Å²) < 4.78 is 11.2. The van der Waals surface area contributed by atoms with Crippen molar-refractivity contribution in [2.45, 2.75) is 76.4 Å². The zero-order valence-electron chi connectivity index (χ0n) is 24.8. The quantitative estimate of drug-likeness (QED) is 0.199. The second-order valence-electron chi connectivity index (χ2n) is 10.6. The Balaban J connectivity index is 1.65. The van der Waals surface area contributed by atoms with Crippen LogP contribution in [-0.2, 0) is 37.8 Å². The highest BCUT2D eigenvalue weighted by Gasteiger charge is 2.27. The summed E-state index contributed by atoms with van der Waals surface area (Å²) >= 11 is 1.48. The molecule has 1 aromatic heterocycles.